The maximum absolute atomic E-state index is 13.8. The molecule has 3 heteroatoms. The lowest BCUT2D eigenvalue weighted by Gasteiger charge is -2.41. The van der Waals surface area contributed by atoms with Gasteiger partial charge in [0.1, 0.15) is 0 Å². The molecule has 0 bridgehead atoms. The van der Waals surface area contributed by atoms with Gasteiger partial charge in [-0.05, 0) is 68.7 Å². The largest absolute Gasteiger partial charge is 0.342 e. The maximum Gasteiger partial charge on any atom is 0.233 e. The molecule has 25 heavy (non-hydrogen) atoms. The van der Waals surface area contributed by atoms with Gasteiger partial charge in [-0.2, -0.15) is 0 Å². The molecule has 1 amide bonds. The third-order valence-electron chi connectivity index (χ3n) is 7.08. The summed E-state index contributed by atoms with van der Waals surface area (Å²) in [7, 11) is 0. The molecule has 1 aromatic carbocycles. The van der Waals surface area contributed by atoms with Crippen LogP contribution in [-0.2, 0) is 10.2 Å². The molecule has 2 atom stereocenters. The van der Waals surface area contributed by atoms with Crippen LogP contribution in [0.25, 0.3) is 0 Å². The summed E-state index contributed by atoms with van der Waals surface area (Å²) >= 11 is 0. The van der Waals surface area contributed by atoms with Crippen LogP contribution in [0.1, 0.15) is 56.1 Å². The van der Waals surface area contributed by atoms with Crippen molar-refractivity contribution in [2.24, 2.45) is 11.8 Å². The third-order valence-corrected chi connectivity index (χ3v) is 7.08. The Morgan fingerprint density at radius 3 is 2.32 bits per heavy atom. The van der Waals surface area contributed by atoms with Gasteiger partial charge in [0, 0.05) is 13.1 Å². The molecule has 2 heterocycles. The van der Waals surface area contributed by atoms with Crippen molar-refractivity contribution < 1.29 is 4.79 Å². The van der Waals surface area contributed by atoms with Crippen LogP contribution in [0, 0.1) is 18.8 Å². The van der Waals surface area contributed by atoms with Crippen molar-refractivity contribution >= 4 is 5.91 Å². The van der Waals surface area contributed by atoms with Gasteiger partial charge in [-0.25, -0.2) is 0 Å². The second kappa shape index (κ2) is 7.11. The number of likely N-dealkylation sites (tertiary alicyclic amines) is 1. The van der Waals surface area contributed by atoms with E-state index in [9.17, 15) is 4.79 Å². The van der Waals surface area contributed by atoms with Gasteiger partial charge in [0.15, 0.2) is 0 Å². The summed E-state index contributed by atoms with van der Waals surface area (Å²) in [6, 6.07) is 8.61. The zero-order valence-corrected chi connectivity index (χ0v) is 15.6. The molecule has 2 aliphatic heterocycles. The number of amides is 1. The van der Waals surface area contributed by atoms with Gasteiger partial charge in [0.2, 0.25) is 5.91 Å². The quantitative estimate of drug-likeness (QED) is 0.891. The van der Waals surface area contributed by atoms with Gasteiger partial charge in [-0.15, -0.1) is 0 Å². The van der Waals surface area contributed by atoms with Crippen molar-refractivity contribution in [3.05, 3.63) is 35.4 Å². The normalized spacial score (nSPS) is 29.1. The molecule has 1 aromatic rings. The molecule has 1 aliphatic carbocycles. The minimum atomic E-state index is -0.263. The standard InChI is InChI=1S/C22H32N2O/c1-17-7-3-4-8-20(17)22(11-5-2-6-12-22)21(25)24-13-9-18-15-23-16-19(18)10-14-24/h3-4,7-8,18-19,23H,2,5-6,9-16H2,1H3/t18-,19+. The van der Waals surface area contributed by atoms with E-state index in [1.165, 1.54) is 43.2 Å². The first-order valence-corrected chi connectivity index (χ1v) is 10.3. The predicted molar refractivity (Wildman–Crippen MR) is 102 cm³/mol. The van der Waals surface area contributed by atoms with E-state index in [1.807, 2.05) is 0 Å². The molecule has 3 aliphatic rings. The number of carbonyl (C=O) groups is 1. The van der Waals surface area contributed by atoms with Gasteiger partial charge >= 0.3 is 0 Å². The number of rotatable bonds is 2. The van der Waals surface area contributed by atoms with E-state index in [1.54, 1.807) is 0 Å². The molecule has 136 valence electrons. The summed E-state index contributed by atoms with van der Waals surface area (Å²) in [5.41, 5.74) is 2.32. The van der Waals surface area contributed by atoms with E-state index in [0.29, 0.717) is 5.91 Å². The Morgan fingerprint density at radius 1 is 1.04 bits per heavy atom. The summed E-state index contributed by atoms with van der Waals surface area (Å²) in [5, 5.41) is 3.54. The molecule has 4 rings (SSSR count). The number of hydrogen-bond acceptors (Lipinski definition) is 2. The Kier molecular flexibility index (Phi) is 4.86. The highest BCUT2D eigenvalue weighted by molar-refractivity contribution is 5.89. The SMILES string of the molecule is Cc1ccccc1C1(C(=O)N2CC[C@@H]3CNC[C@@H]3CC2)CCCCC1. The summed E-state index contributed by atoms with van der Waals surface area (Å²) in [6.07, 6.45) is 8.05. The van der Waals surface area contributed by atoms with Crippen molar-refractivity contribution in [2.45, 2.75) is 57.3 Å². The maximum atomic E-state index is 13.8. The molecule has 1 N–H and O–H groups in total. The van der Waals surface area contributed by atoms with Gasteiger partial charge in [0.25, 0.3) is 0 Å². The van der Waals surface area contributed by atoms with E-state index in [-0.39, 0.29) is 5.41 Å². The fraction of sp³-hybridized carbons (Fsp3) is 0.682. The second-order valence-corrected chi connectivity index (χ2v) is 8.51. The molecule has 3 nitrogen and oxygen atoms in total. The minimum absolute atomic E-state index is 0.263. The first-order valence-electron chi connectivity index (χ1n) is 10.3. The van der Waals surface area contributed by atoms with E-state index in [4.69, 9.17) is 0 Å². The summed E-state index contributed by atoms with van der Waals surface area (Å²) in [6.45, 7) is 6.38. The van der Waals surface area contributed by atoms with Crippen molar-refractivity contribution in [1.29, 1.82) is 0 Å². The molecule has 1 saturated carbocycles. The van der Waals surface area contributed by atoms with Crippen LogP contribution in [0.4, 0.5) is 0 Å². The van der Waals surface area contributed by atoms with E-state index >= 15 is 0 Å². The van der Waals surface area contributed by atoms with Crippen LogP contribution in [0.5, 0.6) is 0 Å². The number of benzene rings is 1. The zero-order chi connectivity index (χ0) is 17.3. The highest BCUT2D eigenvalue weighted by atomic mass is 16.2. The van der Waals surface area contributed by atoms with Crippen LogP contribution in [-0.4, -0.2) is 37.0 Å². The predicted octanol–water partition coefficient (Wildman–Crippen LogP) is 3.65. The van der Waals surface area contributed by atoms with Crippen molar-refractivity contribution in [3.63, 3.8) is 0 Å². The molecule has 0 unspecified atom stereocenters. The molecule has 0 spiro atoms. The number of hydrogen-bond donors (Lipinski definition) is 1. The van der Waals surface area contributed by atoms with Gasteiger partial charge in [-0.3, -0.25) is 4.79 Å². The first-order chi connectivity index (χ1) is 12.2. The summed E-state index contributed by atoms with van der Waals surface area (Å²) in [4.78, 5) is 16.0. The van der Waals surface area contributed by atoms with Crippen LogP contribution >= 0.6 is 0 Å². The molecule has 2 saturated heterocycles. The van der Waals surface area contributed by atoms with Crippen LogP contribution in [0.15, 0.2) is 24.3 Å². The van der Waals surface area contributed by atoms with Gasteiger partial charge in [0.05, 0.1) is 5.41 Å². The Labute approximate surface area is 152 Å². The lowest BCUT2D eigenvalue weighted by atomic mass is 9.67. The van der Waals surface area contributed by atoms with E-state index in [2.05, 4.69) is 41.4 Å². The monoisotopic (exact) mass is 340 g/mol. The Bertz CT molecular complexity index is 606. The molecule has 3 fully saturated rings. The van der Waals surface area contributed by atoms with E-state index in [0.717, 1.165) is 50.9 Å². The number of fused-ring (bicyclic) bond motifs is 1. The Morgan fingerprint density at radius 2 is 1.68 bits per heavy atom. The summed E-state index contributed by atoms with van der Waals surface area (Å²) in [5.74, 6) is 1.98. The van der Waals surface area contributed by atoms with E-state index < -0.39 is 0 Å². The molecular weight excluding hydrogens is 308 g/mol. The fourth-order valence-corrected chi connectivity index (χ4v) is 5.59. The van der Waals surface area contributed by atoms with Crippen LogP contribution in [0.3, 0.4) is 0 Å². The van der Waals surface area contributed by atoms with Crippen molar-refractivity contribution in [1.82, 2.24) is 10.2 Å². The minimum Gasteiger partial charge on any atom is -0.342 e. The Balaban J connectivity index is 1.61. The molecule has 0 radical (unpaired) electrons. The number of carbonyl (C=O) groups excluding carboxylic acids is 1. The molecular formula is C22H32N2O. The number of nitrogens with one attached hydrogen (secondary N) is 1. The lowest BCUT2D eigenvalue weighted by molar-refractivity contribution is -0.139. The molecule has 0 aromatic heterocycles. The van der Waals surface area contributed by atoms with Crippen LogP contribution < -0.4 is 5.32 Å². The highest BCUT2D eigenvalue weighted by Gasteiger charge is 2.45. The number of nitrogens with zero attached hydrogens (tertiary/aromatic N) is 1. The first kappa shape index (κ1) is 17.1. The fourth-order valence-electron chi connectivity index (χ4n) is 5.59. The highest BCUT2D eigenvalue weighted by Crippen LogP contribution is 2.43. The number of aryl methyl sites for hydroxylation is 1. The van der Waals surface area contributed by atoms with Gasteiger partial charge < -0.3 is 10.2 Å². The second-order valence-electron chi connectivity index (χ2n) is 8.51. The van der Waals surface area contributed by atoms with Crippen molar-refractivity contribution in [2.75, 3.05) is 26.2 Å². The smallest absolute Gasteiger partial charge is 0.233 e. The van der Waals surface area contributed by atoms with Crippen molar-refractivity contribution in [3.8, 4) is 0 Å². The lowest BCUT2D eigenvalue weighted by Crippen LogP contribution is -2.49. The average Bonchev–Trinajstić information content (AvgIpc) is 3.00. The Hall–Kier alpha value is -1.35. The van der Waals surface area contributed by atoms with Gasteiger partial charge in [-0.1, -0.05) is 43.5 Å². The third kappa shape index (κ3) is 3.12. The topological polar surface area (TPSA) is 32.3 Å². The summed E-state index contributed by atoms with van der Waals surface area (Å²) < 4.78 is 0. The average molecular weight is 341 g/mol. The van der Waals surface area contributed by atoms with Crippen LogP contribution in [0.2, 0.25) is 0 Å². The zero-order valence-electron chi connectivity index (χ0n) is 15.6.